The van der Waals surface area contributed by atoms with Crippen LogP contribution in [0, 0.1) is 5.82 Å². The highest BCUT2D eigenvalue weighted by atomic mass is 35.5. The summed E-state index contributed by atoms with van der Waals surface area (Å²) in [5, 5.41) is 4.36. The van der Waals surface area contributed by atoms with Crippen LogP contribution in [0.3, 0.4) is 0 Å². The smallest absolute Gasteiger partial charge is 0.123 e. The number of anilines is 1. The summed E-state index contributed by atoms with van der Waals surface area (Å²) in [5.41, 5.74) is 1.88. The molecular weight excluding hydrogens is 284 g/mol. The van der Waals surface area contributed by atoms with E-state index in [2.05, 4.69) is 5.32 Å². The predicted molar refractivity (Wildman–Crippen MR) is 79.7 cm³/mol. The summed E-state index contributed by atoms with van der Waals surface area (Å²) < 4.78 is 12.8. The molecule has 0 spiro atoms. The zero-order valence-corrected chi connectivity index (χ0v) is 12.0. The van der Waals surface area contributed by atoms with Crippen LogP contribution in [0.2, 0.25) is 10.0 Å². The summed E-state index contributed by atoms with van der Waals surface area (Å²) in [4.78, 5) is 0. The van der Waals surface area contributed by atoms with Crippen LogP contribution >= 0.6 is 23.2 Å². The Morgan fingerprint density at radius 2 is 1.79 bits per heavy atom. The summed E-state index contributed by atoms with van der Waals surface area (Å²) >= 11 is 12.1. The van der Waals surface area contributed by atoms with Gasteiger partial charge in [-0.1, -0.05) is 41.4 Å². The molecule has 0 saturated heterocycles. The maximum atomic E-state index is 12.8. The molecule has 2 aromatic carbocycles. The normalized spacial score (nSPS) is 12.2. The van der Waals surface area contributed by atoms with Crippen molar-refractivity contribution in [2.75, 3.05) is 5.32 Å². The fourth-order valence-corrected chi connectivity index (χ4v) is 2.26. The molecule has 0 amide bonds. The van der Waals surface area contributed by atoms with Crippen molar-refractivity contribution in [2.24, 2.45) is 0 Å². The quantitative estimate of drug-likeness (QED) is 0.820. The lowest BCUT2D eigenvalue weighted by molar-refractivity contribution is 0.626. The third-order valence-corrected chi connectivity index (χ3v) is 3.63. The number of nitrogens with one attached hydrogen (secondary N) is 1. The number of rotatable bonds is 4. The third kappa shape index (κ3) is 3.85. The van der Waals surface area contributed by atoms with Gasteiger partial charge in [-0.25, -0.2) is 4.39 Å². The Bertz CT molecular complexity index is 555. The van der Waals surface area contributed by atoms with E-state index in [1.807, 2.05) is 19.1 Å². The minimum absolute atomic E-state index is 0.168. The minimum atomic E-state index is -0.220. The molecule has 19 heavy (non-hydrogen) atoms. The topological polar surface area (TPSA) is 12.0 Å². The van der Waals surface area contributed by atoms with Gasteiger partial charge in [-0.2, -0.15) is 0 Å². The van der Waals surface area contributed by atoms with Crippen molar-refractivity contribution < 1.29 is 4.39 Å². The largest absolute Gasteiger partial charge is 0.381 e. The van der Waals surface area contributed by atoms with E-state index in [0.29, 0.717) is 10.0 Å². The summed E-state index contributed by atoms with van der Waals surface area (Å²) in [7, 11) is 0. The molecule has 100 valence electrons. The van der Waals surface area contributed by atoms with Crippen LogP contribution in [-0.2, 0) is 6.42 Å². The van der Waals surface area contributed by atoms with Gasteiger partial charge in [-0.05, 0) is 43.2 Å². The second-order valence-corrected chi connectivity index (χ2v) is 5.26. The Morgan fingerprint density at radius 1 is 1.11 bits per heavy atom. The Labute approximate surface area is 122 Å². The van der Waals surface area contributed by atoms with Crippen molar-refractivity contribution in [3.63, 3.8) is 0 Å². The maximum absolute atomic E-state index is 12.8. The lowest BCUT2D eigenvalue weighted by Crippen LogP contribution is -2.18. The fraction of sp³-hybridized carbons (Fsp3) is 0.200. The van der Waals surface area contributed by atoms with Crippen molar-refractivity contribution >= 4 is 28.9 Å². The van der Waals surface area contributed by atoms with Crippen LogP contribution in [0.4, 0.5) is 10.1 Å². The third-order valence-electron chi connectivity index (χ3n) is 2.81. The van der Waals surface area contributed by atoms with Crippen molar-refractivity contribution in [3.05, 3.63) is 63.9 Å². The molecule has 0 heterocycles. The monoisotopic (exact) mass is 297 g/mol. The second-order valence-electron chi connectivity index (χ2n) is 4.48. The van der Waals surface area contributed by atoms with E-state index in [-0.39, 0.29) is 11.9 Å². The molecule has 0 aliphatic heterocycles. The van der Waals surface area contributed by atoms with Gasteiger partial charge in [-0.3, -0.25) is 0 Å². The molecule has 1 N–H and O–H groups in total. The first-order valence-electron chi connectivity index (χ1n) is 6.01. The van der Waals surface area contributed by atoms with Gasteiger partial charge in [0.2, 0.25) is 0 Å². The molecule has 0 aliphatic rings. The Balaban J connectivity index is 2.03. The van der Waals surface area contributed by atoms with Crippen LogP contribution < -0.4 is 5.32 Å². The number of hydrogen-bond acceptors (Lipinski definition) is 1. The Hall–Kier alpha value is -1.25. The summed E-state index contributed by atoms with van der Waals surface area (Å²) in [5.74, 6) is -0.220. The highest BCUT2D eigenvalue weighted by molar-refractivity contribution is 6.43. The second kappa shape index (κ2) is 6.27. The van der Waals surface area contributed by atoms with E-state index in [1.165, 1.54) is 12.1 Å². The molecule has 2 aromatic rings. The van der Waals surface area contributed by atoms with Gasteiger partial charge in [0.25, 0.3) is 0 Å². The van der Waals surface area contributed by atoms with Crippen LogP contribution in [0.1, 0.15) is 12.5 Å². The number of hydrogen-bond donors (Lipinski definition) is 1. The van der Waals surface area contributed by atoms with Crippen molar-refractivity contribution in [1.82, 2.24) is 0 Å². The van der Waals surface area contributed by atoms with Crippen molar-refractivity contribution in [3.8, 4) is 0 Å². The van der Waals surface area contributed by atoms with E-state index in [9.17, 15) is 4.39 Å². The van der Waals surface area contributed by atoms with E-state index >= 15 is 0 Å². The van der Waals surface area contributed by atoms with Gasteiger partial charge in [0.05, 0.1) is 15.7 Å². The standard InChI is InChI=1S/C15H14Cl2FN/c1-10(9-11-5-7-12(18)8-6-11)19-14-4-2-3-13(16)15(14)17/h2-8,10,19H,9H2,1H3. The van der Waals surface area contributed by atoms with Gasteiger partial charge >= 0.3 is 0 Å². The van der Waals surface area contributed by atoms with Gasteiger partial charge in [0, 0.05) is 6.04 Å². The van der Waals surface area contributed by atoms with Gasteiger partial charge in [0.1, 0.15) is 5.82 Å². The SMILES string of the molecule is CC(Cc1ccc(F)cc1)Nc1cccc(Cl)c1Cl. The molecule has 0 saturated carbocycles. The van der Waals surface area contributed by atoms with Crippen LogP contribution in [0.15, 0.2) is 42.5 Å². The summed E-state index contributed by atoms with van der Waals surface area (Å²) in [6.07, 6.45) is 0.781. The molecule has 0 aromatic heterocycles. The van der Waals surface area contributed by atoms with Crippen molar-refractivity contribution in [1.29, 1.82) is 0 Å². The lowest BCUT2D eigenvalue weighted by Gasteiger charge is -2.17. The molecule has 1 unspecified atom stereocenters. The van der Waals surface area contributed by atoms with Crippen LogP contribution in [0.5, 0.6) is 0 Å². The molecule has 2 rings (SSSR count). The average molecular weight is 298 g/mol. The molecule has 1 nitrogen and oxygen atoms in total. The molecular formula is C15H14Cl2FN. The zero-order chi connectivity index (χ0) is 13.8. The van der Waals surface area contributed by atoms with E-state index in [0.717, 1.165) is 17.7 Å². The Kier molecular flexibility index (Phi) is 4.67. The van der Waals surface area contributed by atoms with Crippen LogP contribution in [-0.4, -0.2) is 6.04 Å². The first-order chi connectivity index (χ1) is 9.06. The van der Waals surface area contributed by atoms with E-state index in [4.69, 9.17) is 23.2 Å². The Morgan fingerprint density at radius 3 is 2.47 bits per heavy atom. The molecule has 0 aliphatic carbocycles. The molecule has 0 radical (unpaired) electrons. The first kappa shape index (κ1) is 14.2. The highest BCUT2D eigenvalue weighted by Gasteiger charge is 2.08. The predicted octanol–water partition coefficient (Wildman–Crippen LogP) is 5.18. The average Bonchev–Trinajstić information content (AvgIpc) is 2.38. The molecule has 0 fully saturated rings. The van der Waals surface area contributed by atoms with E-state index in [1.54, 1.807) is 18.2 Å². The van der Waals surface area contributed by atoms with Gasteiger partial charge < -0.3 is 5.32 Å². The maximum Gasteiger partial charge on any atom is 0.123 e. The first-order valence-corrected chi connectivity index (χ1v) is 6.77. The van der Waals surface area contributed by atoms with Crippen LogP contribution in [0.25, 0.3) is 0 Å². The highest BCUT2D eigenvalue weighted by Crippen LogP contribution is 2.30. The summed E-state index contributed by atoms with van der Waals surface area (Å²) in [6, 6.07) is 12.2. The minimum Gasteiger partial charge on any atom is -0.381 e. The van der Waals surface area contributed by atoms with Gasteiger partial charge in [0.15, 0.2) is 0 Å². The van der Waals surface area contributed by atoms with Crippen molar-refractivity contribution in [2.45, 2.75) is 19.4 Å². The zero-order valence-electron chi connectivity index (χ0n) is 10.5. The summed E-state index contributed by atoms with van der Waals surface area (Å²) in [6.45, 7) is 2.04. The number of benzene rings is 2. The molecule has 1 atom stereocenters. The number of halogens is 3. The van der Waals surface area contributed by atoms with Gasteiger partial charge in [-0.15, -0.1) is 0 Å². The lowest BCUT2D eigenvalue weighted by atomic mass is 10.1. The fourth-order valence-electron chi connectivity index (χ4n) is 1.91. The molecule has 0 bridgehead atoms. The molecule has 4 heteroatoms. The van der Waals surface area contributed by atoms with E-state index < -0.39 is 0 Å².